The molecule has 104 valence electrons. The maximum Gasteiger partial charge on any atom is 0.340 e. The summed E-state index contributed by atoms with van der Waals surface area (Å²) in [7, 11) is 4.35. The molecule has 0 fully saturated rings. The molecule has 20 heavy (non-hydrogen) atoms. The van der Waals surface area contributed by atoms with Crippen LogP contribution in [-0.4, -0.2) is 33.2 Å². The number of para-hydroxylation sites is 1. The van der Waals surface area contributed by atoms with E-state index in [1.165, 1.54) is 14.2 Å². The normalized spacial score (nSPS) is 13.7. The number of hydrogen-bond donors (Lipinski definition) is 0. The van der Waals surface area contributed by atoms with Gasteiger partial charge in [-0.3, -0.25) is 0 Å². The standard InChI is InChI=1S/C15H15NO4/c1-16-9-12(15(18)20-3)11(14(17)19-2)8-10-6-4-5-7-13(10)16/h4-9H,1-3H3. The van der Waals surface area contributed by atoms with E-state index in [0.717, 1.165) is 11.3 Å². The molecule has 1 aromatic carbocycles. The number of esters is 2. The summed E-state index contributed by atoms with van der Waals surface area (Å²) in [4.78, 5) is 25.6. The van der Waals surface area contributed by atoms with Crippen LogP contribution in [0.25, 0.3) is 6.08 Å². The zero-order chi connectivity index (χ0) is 14.7. The second-order valence-electron chi connectivity index (χ2n) is 4.25. The third-order valence-corrected chi connectivity index (χ3v) is 3.04. The largest absolute Gasteiger partial charge is 0.465 e. The average molecular weight is 273 g/mol. The molecule has 1 aromatic rings. The second-order valence-corrected chi connectivity index (χ2v) is 4.25. The van der Waals surface area contributed by atoms with E-state index < -0.39 is 11.9 Å². The van der Waals surface area contributed by atoms with Crippen molar-refractivity contribution in [2.75, 3.05) is 26.2 Å². The van der Waals surface area contributed by atoms with Gasteiger partial charge in [0.1, 0.15) is 0 Å². The smallest absolute Gasteiger partial charge is 0.340 e. The summed E-state index contributed by atoms with van der Waals surface area (Å²) in [6, 6.07) is 7.51. The zero-order valence-electron chi connectivity index (χ0n) is 11.5. The van der Waals surface area contributed by atoms with E-state index in [1.807, 2.05) is 24.3 Å². The van der Waals surface area contributed by atoms with Crippen LogP contribution in [0, 0.1) is 0 Å². The Bertz CT molecular complexity index is 616. The molecule has 0 bridgehead atoms. The van der Waals surface area contributed by atoms with Gasteiger partial charge >= 0.3 is 11.9 Å². The van der Waals surface area contributed by atoms with Gasteiger partial charge in [-0.15, -0.1) is 0 Å². The summed E-state index contributed by atoms with van der Waals surface area (Å²) in [6.45, 7) is 0. The lowest BCUT2D eigenvalue weighted by Crippen LogP contribution is -2.17. The molecule has 0 aliphatic carbocycles. The summed E-state index contributed by atoms with van der Waals surface area (Å²) in [5.74, 6) is -1.16. The van der Waals surface area contributed by atoms with Gasteiger partial charge < -0.3 is 14.4 Å². The predicted molar refractivity (Wildman–Crippen MR) is 74.9 cm³/mol. The topological polar surface area (TPSA) is 55.8 Å². The van der Waals surface area contributed by atoms with Gasteiger partial charge in [-0.2, -0.15) is 0 Å². The van der Waals surface area contributed by atoms with Crippen LogP contribution in [0.3, 0.4) is 0 Å². The van der Waals surface area contributed by atoms with Crippen molar-refractivity contribution in [1.29, 1.82) is 0 Å². The molecule has 0 spiro atoms. The zero-order valence-corrected chi connectivity index (χ0v) is 11.5. The van der Waals surface area contributed by atoms with Gasteiger partial charge in [-0.05, 0) is 17.7 Å². The van der Waals surface area contributed by atoms with Crippen LogP contribution in [0.4, 0.5) is 5.69 Å². The summed E-state index contributed by atoms with van der Waals surface area (Å²) in [6.07, 6.45) is 3.20. The van der Waals surface area contributed by atoms with E-state index in [0.29, 0.717) is 0 Å². The third kappa shape index (κ3) is 2.42. The molecular weight excluding hydrogens is 258 g/mol. The van der Waals surface area contributed by atoms with Gasteiger partial charge in [0.15, 0.2) is 0 Å². The number of carbonyl (C=O) groups excluding carboxylic acids is 2. The molecule has 0 radical (unpaired) electrons. The van der Waals surface area contributed by atoms with Crippen molar-refractivity contribution in [2.45, 2.75) is 0 Å². The van der Waals surface area contributed by atoms with Gasteiger partial charge in [0.2, 0.25) is 0 Å². The first-order valence-corrected chi connectivity index (χ1v) is 6.01. The third-order valence-electron chi connectivity index (χ3n) is 3.04. The fourth-order valence-electron chi connectivity index (χ4n) is 2.05. The molecule has 0 saturated heterocycles. The second kappa shape index (κ2) is 5.61. The van der Waals surface area contributed by atoms with E-state index in [-0.39, 0.29) is 11.1 Å². The molecule has 0 amide bonds. The summed E-state index contributed by atoms with van der Waals surface area (Å²) >= 11 is 0. The number of ether oxygens (including phenoxy) is 2. The molecule has 1 aliphatic rings. The Hall–Kier alpha value is -2.56. The number of anilines is 1. The Morgan fingerprint density at radius 2 is 1.60 bits per heavy atom. The first-order valence-electron chi connectivity index (χ1n) is 6.01. The number of rotatable bonds is 2. The fraction of sp³-hybridized carbons (Fsp3) is 0.200. The highest BCUT2D eigenvalue weighted by molar-refractivity contribution is 6.11. The Morgan fingerprint density at radius 3 is 2.25 bits per heavy atom. The number of carbonyl (C=O) groups is 2. The minimum Gasteiger partial charge on any atom is -0.465 e. The summed E-state index contributed by atoms with van der Waals surface area (Å²) in [5, 5.41) is 0. The molecular formula is C15H15NO4. The molecule has 1 heterocycles. The van der Waals surface area contributed by atoms with E-state index in [9.17, 15) is 9.59 Å². The van der Waals surface area contributed by atoms with Crippen molar-refractivity contribution in [3.8, 4) is 0 Å². The minimum absolute atomic E-state index is 0.165. The molecule has 1 aliphatic heterocycles. The van der Waals surface area contributed by atoms with E-state index in [2.05, 4.69) is 0 Å². The van der Waals surface area contributed by atoms with Crippen molar-refractivity contribution < 1.29 is 19.1 Å². The Balaban J connectivity index is 2.64. The van der Waals surface area contributed by atoms with Crippen molar-refractivity contribution in [1.82, 2.24) is 0 Å². The van der Waals surface area contributed by atoms with Crippen molar-refractivity contribution >= 4 is 23.7 Å². The van der Waals surface area contributed by atoms with Crippen LogP contribution in [0.15, 0.2) is 41.6 Å². The molecule has 0 unspecified atom stereocenters. The quantitative estimate of drug-likeness (QED) is 0.768. The monoisotopic (exact) mass is 273 g/mol. The van der Waals surface area contributed by atoms with E-state index >= 15 is 0 Å². The number of methoxy groups -OCH3 is 2. The highest BCUT2D eigenvalue weighted by atomic mass is 16.5. The Labute approximate surface area is 117 Å². The highest BCUT2D eigenvalue weighted by Gasteiger charge is 2.26. The number of benzene rings is 1. The van der Waals surface area contributed by atoms with Crippen LogP contribution in [-0.2, 0) is 19.1 Å². The van der Waals surface area contributed by atoms with Crippen LogP contribution >= 0.6 is 0 Å². The Kier molecular flexibility index (Phi) is 3.89. The number of nitrogens with zero attached hydrogens (tertiary/aromatic N) is 1. The van der Waals surface area contributed by atoms with Crippen LogP contribution in [0.2, 0.25) is 0 Å². The number of fused-ring (bicyclic) bond motifs is 1. The predicted octanol–water partition coefficient (Wildman–Crippen LogP) is 1.75. The number of hydrogen-bond acceptors (Lipinski definition) is 5. The molecule has 2 rings (SSSR count). The fourth-order valence-corrected chi connectivity index (χ4v) is 2.05. The van der Waals surface area contributed by atoms with Gasteiger partial charge in [0.05, 0.1) is 25.4 Å². The van der Waals surface area contributed by atoms with E-state index in [4.69, 9.17) is 9.47 Å². The van der Waals surface area contributed by atoms with Crippen LogP contribution in [0.5, 0.6) is 0 Å². The molecule has 0 saturated carbocycles. The van der Waals surface area contributed by atoms with Gasteiger partial charge in [0.25, 0.3) is 0 Å². The average Bonchev–Trinajstić information content (AvgIpc) is 2.63. The molecule has 0 atom stereocenters. The SMILES string of the molecule is COC(=O)C1=Cc2ccccc2N(C)C=C1C(=O)OC. The highest BCUT2D eigenvalue weighted by Crippen LogP contribution is 2.29. The first kappa shape index (κ1) is 13.9. The van der Waals surface area contributed by atoms with E-state index in [1.54, 1.807) is 24.2 Å². The maximum absolute atomic E-state index is 11.9. The van der Waals surface area contributed by atoms with Crippen LogP contribution < -0.4 is 4.90 Å². The lowest BCUT2D eigenvalue weighted by molar-refractivity contribution is -0.139. The lowest BCUT2D eigenvalue weighted by atomic mass is 10.0. The van der Waals surface area contributed by atoms with Crippen molar-refractivity contribution in [3.63, 3.8) is 0 Å². The lowest BCUT2D eigenvalue weighted by Gasteiger charge is -2.16. The van der Waals surface area contributed by atoms with Gasteiger partial charge in [0, 0.05) is 18.9 Å². The van der Waals surface area contributed by atoms with Crippen molar-refractivity contribution in [2.24, 2.45) is 0 Å². The molecule has 5 heteroatoms. The van der Waals surface area contributed by atoms with Gasteiger partial charge in [-0.1, -0.05) is 18.2 Å². The maximum atomic E-state index is 11.9. The van der Waals surface area contributed by atoms with Crippen molar-refractivity contribution in [3.05, 3.63) is 47.2 Å². The first-order chi connectivity index (χ1) is 9.58. The molecule has 5 nitrogen and oxygen atoms in total. The minimum atomic E-state index is -0.582. The molecule has 0 aromatic heterocycles. The summed E-state index contributed by atoms with van der Waals surface area (Å²) in [5.41, 5.74) is 2.05. The Morgan fingerprint density at radius 1 is 1.00 bits per heavy atom. The molecule has 0 N–H and O–H groups in total. The van der Waals surface area contributed by atoms with Gasteiger partial charge in [-0.25, -0.2) is 9.59 Å². The van der Waals surface area contributed by atoms with Crippen LogP contribution in [0.1, 0.15) is 5.56 Å². The summed E-state index contributed by atoms with van der Waals surface area (Å²) < 4.78 is 9.48.